The minimum Gasteiger partial charge on any atom is -0.481 e. The molecular formula is C9H13N3O3S. The lowest BCUT2D eigenvalue weighted by molar-refractivity contribution is -0.133. The number of nitrogens with zero attached hydrogens (tertiary/aromatic N) is 2. The summed E-state index contributed by atoms with van der Waals surface area (Å²) in [5, 5.41) is 15.3. The Labute approximate surface area is 96.0 Å². The van der Waals surface area contributed by atoms with Crippen molar-refractivity contribution in [1.82, 2.24) is 14.8 Å². The van der Waals surface area contributed by atoms with Gasteiger partial charge in [-0.25, -0.2) is 9.89 Å². The van der Waals surface area contributed by atoms with E-state index in [2.05, 4.69) is 10.2 Å². The molecule has 0 spiro atoms. The van der Waals surface area contributed by atoms with E-state index >= 15 is 0 Å². The van der Waals surface area contributed by atoms with Crippen molar-refractivity contribution in [3.63, 3.8) is 0 Å². The third-order valence-corrected chi connectivity index (χ3v) is 3.62. The molecular weight excluding hydrogens is 230 g/mol. The maximum atomic E-state index is 11.6. The van der Waals surface area contributed by atoms with Gasteiger partial charge in [-0.3, -0.25) is 9.36 Å². The second kappa shape index (κ2) is 4.73. The van der Waals surface area contributed by atoms with Crippen molar-refractivity contribution < 1.29 is 9.90 Å². The Hall–Kier alpha value is -1.24. The number of aromatic nitrogens is 3. The fourth-order valence-electron chi connectivity index (χ4n) is 2.00. The number of thioether (sulfide) groups is 1. The van der Waals surface area contributed by atoms with Gasteiger partial charge in [0.25, 0.3) is 0 Å². The number of rotatable bonds is 4. The van der Waals surface area contributed by atoms with Crippen LogP contribution in [0.4, 0.5) is 0 Å². The number of carboxylic acid groups (broad SMARTS) is 1. The summed E-state index contributed by atoms with van der Waals surface area (Å²) in [6.07, 6.45) is 4.18. The molecule has 2 rings (SSSR count). The lowest BCUT2D eigenvalue weighted by atomic mass is 10.2. The highest BCUT2D eigenvalue weighted by Gasteiger charge is 2.22. The lowest BCUT2D eigenvalue weighted by Crippen LogP contribution is -2.21. The number of nitrogens with one attached hydrogen (secondary N) is 1. The number of H-pyrrole nitrogens is 1. The van der Waals surface area contributed by atoms with Gasteiger partial charge in [-0.2, -0.15) is 0 Å². The molecule has 1 aromatic rings. The Morgan fingerprint density at radius 2 is 2.25 bits per heavy atom. The van der Waals surface area contributed by atoms with E-state index in [1.54, 1.807) is 4.57 Å². The van der Waals surface area contributed by atoms with Crippen LogP contribution in [0.2, 0.25) is 0 Å². The summed E-state index contributed by atoms with van der Waals surface area (Å²) >= 11 is 1.08. The van der Waals surface area contributed by atoms with E-state index in [-0.39, 0.29) is 17.5 Å². The number of hydrogen-bond acceptors (Lipinski definition) is 4. The first-order chi connectivity index (χ1) is 7.68. The normalized spacial score (nSPS) is 16.8. The van der Waals surface area contributed by atoms with E-state index < -0.39 is 5.97 Å². The van der Waals surface area contributed by atoms with E-state index in [9.17, 15) is 9.59 Å². The van der Waals surface area contributed by atoms with E-state index in [1.807, 2.05) is 0 Å². The second-order valence-corrected chi connectivity index (χ2v) is 4.74. The average Bonchev–Trinajstić information content (AvgIpc) is 2.83. The number of carboxylic acids is 1. The maximum Gasteiger partial charge on any atom is 0.344 e. The summed E-state index contributed by atoms with van der Waals surface area (Å²) in [6.45, 7) is 0. The van der Waals surface area contributed by atoms with Crippen molar-refractivity contribution in [2.75, 3.05) is 5.75 Å². The molecule has 1 aromatic heterocycles. The second-order valence-electron chi connectivity index (χ2n) is 3.80. The molecule has 0 atom stereocenters. The highest BCUT2D eigenvalue weighted by molar-refractivity contribution is 7.99. The Morgan fingerprint density at radius 3 is 2.88 bits per heavy atom. The predicted molar refractivity (Wildman–Crippen MR) is 58.7 cm³/mol. The van der Waals surface area contributed by atoms with Crippen molar-refractivity contribution in [3.05, 3.63) is 10.5 Å². The standard InChI is InChI=1S/C9H13N3O3S/c13-7(14)5-16-9-11-10-8(15)12(9)6-3-1-2-4-6/h6H,1-5H2,(H,10,15)(H,13,14). The van der Waals surface area contributed by atoms with Crippen molar-refractivity contribution >= 4 is 17.7 Å². The summed E-state index contributed by atoms with van der Waals surface area (Å²) in [4.78, 5) is 22.0. The largest absolute Gasteiger partial charge is 0.481 e. The highest BCUT2D eigenvalue weighted by atomic mass is 32.2. The SMILES string of the molecule is O=C(O)CSc1n[nH]c(=O)n1C1CCCC1. The molecule has 0 aromatic carbocycles. The van der Waals surface area contributed by atoms with Gasteiger partial charge < -0.3 is 5.11 Å². The summed E-state index contributed by atoms with van der Waals surface area (Å²) in [7, 11) is 0. The van der Waals surface area contributed by atoms with Gasteiger partial charge in [-0.15, -0.1) is 5.10 Å². The molecule has 0 radical (unpaired) electrons. The third-order valence-electron chi connectivity index (χ3n) is 2.69. The fourth-order valence-corrected chi connectivity index (χ4v) is 2.74. The summed E-state index contributed by atoms with van der Waals surface area (Å²) < 4.78 is 1.60. The van der Waals surface area contributed by atoms with Crippen LogP contribution in [0.25, 0.3) is 0 Å². The quantitative estimate of drug-likeness (QED) is 0.766. The minimum absolute atomic E-state index is 0.0724. The number of carbonyl (C=O) groups is 1. The third kappa shape index (κ3) is 2.29. The Balaban J connectivity index is 2.18. The topological polar surface area (TPSA) is 88.0 Å². The smallest absolute Gasteiger partial charge is 0.344 e. The molecule has 16 heavy (non-hydrogen) atoms. The molecule has 2 N–H and O–H groups in total. The van der Waals surface area contributed by atoms with E-state index in [4.69, 9.17) is 5.11 Å². The fraction of sp³-hybridized carbons (Fsp3) is 0.667. The first kappa shape index (κ1) is 11.3. The van der Waals surface area contributed by atoms with Gasteiger partial charge in [0.1, 0.15) is 0 Å². The molecule has 6 nitrogen and oxygen atoms in total. The van der Waals surface area contributed by atoms with Crippen LogP contribution in [-0.4, -0.2) is 31.6 Å². The molecule has 1 saturated carbocycles. The summed E-state index contributed by atoms with van der Waals surface area (Å²) in [6, 6.07) is 0.183. The predicted octanol–water partition coefficient (Wildman–Crippen LogP) is 0.863. The van der Waals surface area contributed by atoms with Gasteiger partial charge in [0.15, 0.2) is 5.16 Å². The molecule has 1 fully saturated rings. The van der Waals surface area contributed by atoms with E-state index in [1.165, 1.54) is 0 Å². The van der Waals surface area contributed by atoms with Crippen LogP contribution in [0.5, 0.6) is 0 Å². The Kier molecular flexibility index (Phi) is 3.33. The molecule has 1 aliphatic carbocycles. The van der Waals surface area contributed by atoms with Gasteiger partial charge in [0.05, 0.1) is 5.75 Å². The zero-order valence-corrected chi connectivity index (χ0v) is 9.50. The molecule has 7 heteroatoms. The minimum atomic E-state index is -0.904. The molecule has 0 unspecified atom stereocenters. The molecule has 1 heterocycles. The Morgan fingerprint density at radius 1 is 1.56 bits per heavy atom. The lowest BCUT2D eigenvalue weighted by Gasteiger charge is -2.11. The number of aliphatic carboxylic acids is 1. The zero-order valence-electron chi connectivity index (χ0n) is 8.68. The first-order valence-electron chi connectivity index (χ1n) is 5.20. The average molecular weight is 243 g/mol. The van der Waals surface area contributed by atoms with Crippen LogP contribution < -0.4 is 5.69 Å². The molecule has 88 valence electrons. The number of aromatic amines is 1. The summed E-state index contributed by atoms with van der Waals surface area (Å²) in [5.41, 5.74) is -0.236. The molecule has 1 aliphatic rings. The monoisotopic (exact) mass is 243 g/mol. The van der Waals surface area contributed by atoms with E-state index in [0.29, 0.717) is 5.16 Å². The maximum absolute atomic E-state index is 11.6. The van der Waals surface area contributed by atoms with Crippen molar-refractivity contribution in [3.8, 4) is 0 Å². The molecule has 0 amide bonds. The zero-order chi connectivity index (χ0) is 11.5. The van der Waals surface area contributed by atoms with Crippen LogP contribution in [0.1, 0.15) is 31.7 Å². The Bertz CT molecular complexity index is 433. The van der Waals surface area contributed by atoms with Gasteiger partial charge >= 0.3 is 11.7 Å². The highest BCUT2D eigenvalue weighted by Crippen LogP contribution is 2.30. The molecule has 0 aliphatic heterocycles. The van der Waals surface area contributed by atoms with Crippen molar-refractivity contribution in [1.29, 1.82) is 0 Å². The summed E-state index contributed by atoms with van der Waals surface area (Å²) in [5.74, 6) is -0.977. The van der Waals surface area contributed by atoms with Gasteiger partial charge in [-0.05, 0) is 12.8 Å². The number of hydrogen-bond donors (Lipinski definition) is 2. The van der Waals surface area contributed by atoms with Crippen molar-refractivity contribution in [2.45, 2.75) is 36.9 Å². The molecule has 0 saturated heterocycles. The van der Waals surface area contributed by atoms with Gasteiger partial charge in [0.2, 0.25) is 0 Å². The van der Waals surface area contributed by atoms with Crippen LogP contribution in [0, 0.1) is 0 Å². The van der Waals surface area contributed by atoms with Crippen molar-refractivity contribution in [2.24, 2.45) is 0 Å². The van der Waals surface area contributed by atoms with Gasteiger partial charge in [0, 0.05) is 6.04 Å². The van der Waals surface area contributed by atoms with Gasteiger partial charge in [-0.1, -0.05) is 24.6 Å². The van der Waals surface area contributed by atoms with E-state index in [0.717, 1.165) is 37.4 Å². The molecule has 0 bridgehead atoms. The first-order valence-corrected chi connectivity index (χ1v) is 6.18. The van der Waals surface area contributed by atoms with Crippen LogP contribution in [0.3, 0.4) is 0 Å². The van der Waals surface area contributed by atoms with Crippen LogP contribution in [0.15, 0.2) is 9.95 Å². The van der Waals surface area contributed by atoms with Crippen LogP contribution in [-0.2, 0) is 4.79 Å². The van der Waals surface area contributed by atoms with Crippen LogP contribution >= 0.6 is 11.8 Å².